The molecule has 0 fully saturated rings. The van der Waals surface area contributed by atoms with Crippen molar-refractivity contribution >= 4 is 21.9 Å². The minimum atomic E-state index is -0.791. The lowest BCUT2D eigenvalue weighted by molar-refractivity contribution is 0.364. The Balaban J connectivity index is 1.76. The first kappa shape index (κ1) is 34.2. The molecule has 2 heterocycles. The predicted octanol–water partition coefficient (Wildman–Crippen LogP) is 7.77. The van der Waals surface area contributed by atoms with E-state index >= 15 is 0 Å². The Morgan fingerprint density at radius 1 is 0.542 bits per heavy atom. The number of benzene rings is 3. The Hall–Kier alpha value is -5.12. The summed E-state index contributed by atoms with van der Waals surface area (Å²) < 4.78 is 12.5. The van der Waals surface area contributed by atoms with Crippen LogP contribution < -0.4 is 10.9 Å². The van der Waals surface area contributed by atoms with E-state index in [4.69, 9.17) is 8.83 Å². The molecule has 0 radical (unpaired) electrons. The van der Waals surface area contributed by atoms with Crippen LogP contribution in [0.5, 0.6) is 34.5 Å². The van der Waals surface area contributed by atoms with Gasteiger partial charge in [0.15, 0.2) is 23.0 Å². The largest absolute Gasteiger partial charge is 0.504 e. The van der Waals surface area contributed by atoms with Crippen molar-refractivity contribution in [1.82, 2.24) is 0 Å². The van der Waals surface area contributed by atoms with Crippen molar-refractivity contribution in [3.8, 4) is 56.8 Å². The lowest BCUT2D eigenvalue weighted by atomic mass is 9.93. The summed E-state index contributed by atoms with van der Waals surface area (Å²) >= 11 is 0. The van der Waals surface area contributed by atoms with E-state index in [1.165, 1.54) is 0 Å². The first-order chi connectivity index (χ1) is 22.7. The smallest absolute Gasteiger partial charge is 0.204 e. The first-order valence-electron chi connectivity index (χ1n) is 16.3. The maximum absolute atomic E-state index is 14.1. The van der Waals surface area contributed by atoms with E-state index in [0.717, 1.165) is 0 Å². The number of hydrogen-bond donors (Lipinski definition) is 6. The Morgan fingerprint density at radius 3 is 1.17 bits per heavy atom. The first-order valence-corrected chi connectivity index (χ1v) is 16.3. The monoisotopic (exact) mass is 658 g/mol. The third-order valence-corrected chi connectivity index (χ3v) is 8.50. The Labute approximate surface area is 277 Å². The molecule has 0 bridgehead atoms. The highest BCUT2D eigenvalue weighted by Crippen LogP contribution is 2.47. The van der Waals surface area contributed by atoms with Gasteiger partial charge in [-0.25, -0.2) is 0 Å². The quantitative estimate of drug-likeness (QED) is 0.0811. The third-order valence-electron chi connectivity index (χ3n) is 8.50. The molecule has 3 aromatic carbocycles. The van der Waals surface area contributed by atoms with E-state index in [2.05, 4.69) is 0 Å². The average molecular weight is 659 g/mol. The summed E-state index contributed by atoms with van der Waals surface area (Å²) in [5, 5.41) is 63.6. The highest BCUT2D eigenvalue weighted by Gasteiger charge is 2.29. The molecule has 10 nitrogen and oxygen atoms in total. The van der Waals surface area contributed by atoms with Gasteiger partial charge in [-0.1, -0.05) is 65.8 Å². The van der Waals surface area contributed by atoms with Crippen molar-refractivity contribution < 1.29 is 39.5 Å². The maximum atomic E-state index is 14.1. The highest BCUT2D eigenvalue weighted by atomic mass is 16.4. The van der Waals surface area contributed by atoms with Crippen LogP contribution in [0.25, 0.3) is 44.2 Å². The third kappa shape index (κ3) is 5.69. The van der Waals surface area contributed by atoms with Gasteiger partial charge in [-0.05, 0) is 48.6 Å². The van der Waals surface area contributed by atoms with E-state index in [1.807, 2.05) is 41.5 Å². The van der Waals surface area contributed by atoms with Gasteiger partial charge in [0.05, 0.1) is 11.1 Å². The molecule has 254 valence electrons. The van der Waals surface area contributed by atoms with Crippen molar-refractivity contribution in [2.75, 3.05) is 0 Å². The Morgan fingerprint density at radius 2 is 0.875 bits per heavy atom. The van der Waals surface area contributed by atoms with Crippen LogP contribution in [-0.2, 0) is 25.7 Å². The zero-order valence-electron chi connectivity index (χ0n) is 28.0. The standard InChI is InChI=1S/C38H42O10/c1-7-9-23-25(31(41)27-33(43)35(45)29(39)21(15-17(3)4)37(27)47-23)19-11-13-20(14-12-19)26-24(10-8-2)48-38-22(16-18(5)6)30(40)36(46)34(44)28(38)32(26)42/h11-14,17-18,39-40,43-46H,7-10,15-16H2,1-6H3. The second-order valence-corrected chi connectivity index (χ2v) is 13.2. The van der Waals surface area contributed by atoms with Gasteiger partial charge in [0, 0.05) is 24.0 Å². The fourth-order valence-electron chi connectivity index (χ4n) is 6.37. The zero-order valence-corrected chi connectivity index (χ0v) is 28.0. The van der Waals surface area contributed by atoms with Crippen LogP contribution >= 0.6 is 0 Å². The molecule has 0 unspecified atom stereocenters. The topological polar surface area (TPSA) is 182 Å². The highest BCUT2D eigenvalue weighted by molar-refractivity contribution is 5.96. The molecular formula is C38H42O10. The van der Waals surface area contributed by atoms with Gasteiger partial charge < -0.3 is 39.5 Å². The molecule has 0 saturated heterocycles. The molecule has 6 N–H and O–H groups in total. The van der Waals surface area contributed by atoms with Crippen molar-refractivity contribution in [2.45, 2.75) is 80.1 Å². The molecule has 48 heavy (non-hydrogen) atoms. The van der Waals surface area contributed by atoms with Crippen molar-refractivity contribution in [3.05, 3.63) is 67.4 Å². The fourth-order valence-corrected chi connectivity index (χ4v) is 6.37. The second-order valence-electron chi connectivity index (χ2n) is 13.2. The molecule has 0 aliphatic carbocycles. The van der Waals surface area contributed by atoms with E-state index in [-0.39, 0.29) is 56.0 Å². The molecule has 0 amide bonds. The van der Waals surface area contributed by atoms with Crippen molar-refractivity contribution in [1.29, 1.82) is 0 Å². The molecule has 0 spiro atoms. The molecule has 0 saturated carbocycles. The van der Waals surface area contributed by atoms with Crippen LogP contribution in [0.2, 0.25) is 0 Å². The molecule has 0 aliphatic heterocycles. The van der Waals surface area contributed by atoms with Crippen LogP contribution in [0, 0.1) is 11.8 Å². The predicted molar refractivity (Wildman–Crippen MR) is 184 cm³/mol. The lowest BCUT2D eigenvalue weighted by Crippen LogP contribution is -2.12. The molecular weight excluding hydrogens is 616 g/mol. The summed E-state index contributed by atoms with van der Waals surface area (Å²) in [6.07, 6.45) is 2.57. The summed E-state index contributed by atoms with van der Waals surface area (Å²) in [5.41, 5.74) is 0.548. The van der Waals surface area contributed by atoms with E-state index in [1.54, 1.807) is 24.3 Å². The molecule has 10 heteroatoms. The van der Waals surface area contributed by atoms with Crippen LogP contribution in [0.3, 0.4) is 0 Å². The van der Waals surface area contributed by atoms with E-state index < -0.39 is 45.4 Å². The number of aryl methyl sites for hydroxylation is 2. The molecule has 0 atom stereocenters. The minimum absolute atomic E-state index is 0.0224. The van der Waals surface area contributed by atoms with Gasteiger partial charge in [-0.15, -0.1) is 0 Å². The van der Waals surface area contributed by atoms with Crippen LogP contribution in [0.15, 0.2) is 42.7 Å². The average Bonchev–Trinajstić information content (AvgIpc) is 3.03. The maximum Gasteiger partial charge on any atom is 0.204 e. The number of phenolic OH excluding ortho intramolecular Hbond substituents is 6. The lowest BCUT2D eigenvalue weighted by Gasteiger charge is -2.17. The molecule has 5 rings (SSSR count). The summed E-state index contributed by atoms with van der Waals surface area (Å²) in [7, 11) is 0. The zero-order chi connectivity index (χ0) is 35.2. The Bertz CT molecular complexity index is 2000. The van der Waals surface area contributed by atoms with Gasteiger partial charge in [0.1, 0.15) is 33.5 Å². The van der Waals surface area contributed by atoms with Gasteiger partial charge >= 0.3 is 0 Å². The van der Waals surface area contributed by atoms with Gasteiger partial charge in [-0.3, -0.25) is 9.59 Å². The van der Waals surface area contributed by atoms with Gasteiger partial charge in [0.25, 0.3) is 0 Å². The van der Waals surface area contributed by atoms with E-state index in [9.17, 15) is 40.2 Å². The molecule has 0 aliphatic rings. The van der Waals surface area contributed by atoms with Gasteiger partial charge in [0.2, 0.25) is 22.4 Å². The number of rotatable bonds is 10. The van der Waals surface area contributed by atoms with Crippen molar-refractivity contribution in [3.63, 3.8) is 0 Å². The number of fused-ring (bicyclic) bond motifs is 2. The summed E-state index contributed by atoms with van der Waals surface area (Å²) in [4.78, 5) is 28.2. The van der Waals surface area contributed by atoms with Crippen LogP contribution in [-0.4, -0.2) is 30.6 Å². The van der Waals surface area contributed by atoms with Crippen molar-refractivity contribution in [2.24, 2.45) is 11.8 Å². The van der Waals surface area contributed by atoms with E-state index in [0.29, 0.717) is 61.2 Å². The minimum Gasteiger partial charge on any atom is -0.504 e. The number of hydrogen-bond acceptors (Lipinski definition) is 10. The summed E-state index contributed by atoms with van der Waals surface area (Å²) in [6.45, 7) is 11.5. The van der Waals surface area contributed by atoms with Gasteiger partial charge in [-0.2, -0.15) is 0 Å². The fraction of sp³-hybridized carbons (Fsp3) is 0.368. The second kappa shape index (κ2) is 13.2. The SMILES string of the molecule is CCCc1oc2c(CC(C)C)c(O)c(O)c(O)c2c(=O)c1-c1ccc(-c2c(CCC)oc3c(CC(C)C)c(O)c(O)c(O)c3c2=O)cc1. The summed E-state index contributed by atoms with van der Waals surface area (Å²) in [6, 6.07) is 6.54. The summed E-state index contributed by atoms with van der Waals surface area (Å²) in [5.74, 6) is -3.42. The number of aromatic hydroxyl groups is 6. The molecule has 2 aromatic heterocycles. The molecule has 5 aromatic rings. The van der Waals surface area contributed by atoms with Crippen LogP contribution in [0.1, 0.15) is 77.0 Å². The normalized spacial score (nSPS) is 11.8. The number of phenols is 6. The Kier molecular flexibility index (Phi) is 9.39. The van der Waals surface area contributed by atoms with Crippen LogP contribution in [0.4, 0.5) is 0 Å².